The van der Waals surface area contributed by atoms with Crippen LogP contribution < -0.4 is 15.0 Å². The lowest BCUT2D eigenvalue weighted by atomic mass is 10.0. The van der Waals surface area contributed by atoms with Gasteiger partial charge in [-0.25, -0.2) is 4.79 Å². The van der Waals surface area contributed by atoms with E-state index in [4.69, 9.17) is 9.47 Å². The van der Waals surface area contributed by atoms with Crippen LogP contribution in [0.5, 0.6) is 5.75 Å². The van der Waals surface area contributed by atoms with Crippen LogP contribution >= 0.6 is 12.4 Å². The van der Waals surface area contributed by atoms with Crippen molar-refractivity contribution in [2.75, 3.05) is 25.1 Å². The summed E-state index contributed by atoms with van der Waals surface area (Å²) in [6.07, 6.45) is 1.61. The Morgan fingerprint density at radius 2 is 2.10 bits per heavy atom. The van der Waals surface area contributed by atoms with Crippen molar-refractivity contribution in [1.29, 1.82) is 0 Å². The van der Waals surface area contributed by atoms with E-state index in [1.54, 1.807) is 12.0 Å². The average molecular weight is 299 g/mol. The number of para-hydroxylation sites is 1. The quantitative estimate of drug-likeness (QED) is 0.910. The third-order valence-electron chi connectivity index (χ3n) is 3.77. The zero-order chi connectivity index (χ0) is 13.2. The van der Waals surface area contributed by atoms with E-state index < -0.39 is 0 Å². The highest BCUT2D eigenvalue weighted by atomic mass is 35.5. The minimum atomic E-state index is -0.260. The molecule has 1 aromatic carbocycles. The fourth-order valence-corrected chi connectivity index (χ4v) is 2.82. The summed E-state index contributed by atoms with van der Waals surface area (Å²) in [5, 5.41) is 3.31. The standard InChI is InChI=1S/C14H18N2O3.ClH/c1-18-12-4-2-3-10-9-19-14(17)16(13(10)12)11-5-7-15-8-6-11;/h2-4,11,15H,5-9H2,1H3;1H. The number of piperidine rings is 1. The van der Waals surface area contributed by atoms with Gasteiger partial charge in [-0.1, -0.05) is 12.1 Å². The molecule has 2 aliphatic heterocycles. The van der Waals surface area contributed by atoms with Crippen LogP contribution in [-0.4, -0.2) is 32.3 Å². The average Bonchev–Trinajstić information content (AvgIpc) is 2.47. The van der Waals surface area contributed by atoms with Gasteiger partial charge in [0.2, 0.25) is 0 Å². The van der Waals surface area contributed by atoms with Gasteiger partial charge in [0.05, 0.1) is 12.8 Å². The number of hydrogen-bond acceptors (Lipinski definition) is 4. The summed E-state index contributed by atoms with van der Waals surface area (Å²) >= 11 is 0. The lowest BCUT2D eigenvalue weighted by molar-refractivity contribution is 0.136. The van der Waals surface area contributed by atoms with Gasteiger partial charge in [-0.3, -0.25) is 4.90 Å². The molecule has 5 nitrogen and oxygen atoms in total. The first-order valence-electron chi connectivity index (χ1n) is 6.64. The topological polar surface area (TPSA) is 50.8 Å². The molecule has 0 saturated carbocycles. The number of methoxy groups -OCH3 is 1. The van der Waals surface area contributed by atoms with Crippen molar-refractivity contribution in [3.8, 4) is 5.75 Å². The molecule has 20 heavy (non-hydrogen) atoms. The Morgan fingerprint density at radius 1 is 1.35 bits per heavy atom. The third kappa shape index (κ3) is 2.55. The minimum absolute atomic E-state index is 0. The zero-order valence-electron chi connectivity index (χ0n) is 11.4. The number of carbonyl (C=O) groups is 1. The smallest absolute Gasteiger partial charge is 0.415 e. The second-order valence-corrected chi connectivity index (χ2v) is 4.87. The van der Waals surface area contributed by atoms with Crippen molar-refractivity contribution >= 4 is 24.2 Å². The molecule has 6 heteroatoms. The van der Waals surface area contributed by atoms with Crippen molar-refractivity contribution in [2.24, 2.45) is 0 Å². The van der Waals surface area contributed by atoms with E-state index in [0.717, 1.165) is 42.9 Å². The van der Waals surface area contributed by atoms with Gasteiger partial charge in [0.15, 0.2) is 0 Å². The van der Waals surface area contributed by atoms with Gasteiger partial charge in [-0.05, 0) is 32.0 Å². The molecule has 0 bridgehead atoms. The fourth-order valence-electron chi connectivity index (χ4n) is 2.82. The molecule has 1 N–H and O–H groups in total. The maximum atomic E-state index is 12.2. The van der Waals surface area contributed by atoms with E-state index >= 15 is 0 Å². The van der Waals surface area contributed by atoms with Crippen LogP contribution in [0.3, 0.4) is 0 Å². The molecule has 0 spiro atoms. The van der Waals surface area contributed by atoms with Gasteiger partial charge in [-0.15, -0.1) is 12.4 Å². The van der Waals surface area contributed by atoms with Crippen molar-refractivity contribution in [3.05, 3.63) is 23.8 Å². The maximum Gasteiger partial charge on any atom is 0.415 e. The summed E-state index contributed by atoms with van der Waals surface area (Å²) in [5.41, 5.74) is 1.89. The number of nitrogens with zero attached hydrogens (tertiary/aromatic N) is 1. The van der Waals surface area contributed by atoms with Crippen LogP contribution in [0.2, 0.25) is 0 Å². The summed E-state index contributed by atoms with van der Waals surface area (Å²) in [5.74, 6) is 0.743. The second kappa shape index (κ2) is 6.33. The minimum Gasteiger partial charge on any atom is -0.495 e. The third-order valence-corrected chi connectivity index (χ3v) is 3.77. The van der Waals surface area contributed by atoms with E-state index in [0.29, 0.717) is 6.61 Å². The molecule has 0 unspecified atom stereocenters. The molecule has 1 amide bonds. The van der Waals surface area contributed by atoms with Gasteiger partial charge in [-0.2, -0.15) is 0 Å². The highest BCUT2D eigenvalue weighted by molar-refractivity contribution is 5.93. The van der Waals surface area contributed by atoms with Gasteiger partial charge < -0.3 is 14.8 Å². The van der Waals surface area contributed by atoms with Crippen LogP contribution in [0.1, 0.15) is 18.4 Å². The number of amides is 1. The van der Waals surface area contributed by atoms with Crippen molar-refractivity contribution in [1.82, 2.24) is 5.32 Å². The number of carbonyl (C=O) groups excluding carboxylic acids is 1. The molecular weight excluding hydrogens is 280 g/mol. The van der Waals surface area contributed by atoms with Crippen LogP contribution in [0.15, 0.2) is 18.2 Å². The maximum absolute atomic E-state index is 12.2. The number of fused-ring (bicyclic) bond motifs is 1. The van der Waals surface area contributed by atoms with Gasteiger partial charge in [0.1, 0.15) is 12.4 Å². The summed E-state index contributed by atoms with van der Waals surface area (Å²) in [4.78, 5) is 13.9. The first-order chi connectivity index (χ1) is 9.31. The summed E-state index contributed by atoms with van der Waals surface area (Å²) in [7, 11) is 1.64. The Balaban J connectivity index is 0.00000147. The van der Waals surface area contributed by atoms with Gasteiger partial charge in [0.25, 0.3) is 0 Å². The Bertz CT molecular complexity index is 475. The molecular formula is C14H19ClN2O3. The number of hydrogen-bond donors (Lipinski definition) is 1. The number of nitrogens with one attached hydrogen (secondary N) is 1. The van der Waals surface area contributed by atoms with Crippen LogP contribution in [-0.2, 0) is 11.3 Å². The monoisotopic (exact) mass is 298 g/mol. The van der Waals surface area contributed by atoms with Gasteiger partial charge in [0, 0.05) is 11.6 Å². The molecule has 2 heterocycles. The predicted molar refractivity (Wildman–Crippen MR) is 78.8 cm³/mol. The van der Waals surface area contributed by atoms with Crippen LogP contribution in [0, 0.1) is 0 Å². The molecule has 3 rings (SSSR count). The summed E-state index contributed by atoms with van der Waals surface area (Å²) < 4.78 is 10.7. The molecule has 110 valence electrons. The molecule has 1 saturated heterocycles. The summed E-state index contributed by atoms with van der Waals surface area (Å²) in [6, 6.07) is 5.99. The van der Waals surface area contributed by atoms with Crippen molar-refractivity contribution in [2.45, 2.75) is 25.5 Å². The first-order valence-corrected chi connectivity index (χ1v) is 6.64. The molecule has 0 radical (unpaired) electrons. The molecule has 1 aromatic rings. The Labute approximate surface area is 124 Å². The molecule has 1 fully saturated rings. The molecule has 0 atom stereocenters. The predicted octanol–water partition coefficient (Wildman–Crippen LogP) is 2.33. The highest BCUT2D eigenvalue weighted by Gasteiger charge is 2.34. The van der Waals surface area contributed by atoms with E-state index in [1.165, 1.54) is 0 Å². The number of anilines is 1. The molecule has 2 aliphatic rings. The lowest BCUT2D eigenvalue weighted by Crippen LogP contribution is -2.48. The number of halogens is 1. The number of benzene rings is 1. The summed E-state index contributed by atoms with van der Waals surface area (Å²) in [6.45, 7) is 2.19. The second-order valence-electron chi connectivity index (χ2n) is 4.87. The number of rotatable bonds is 2. The van der Waals surface area contributed by atoms with Crippen LogP contribution in [0.25, 0.3) is 0 Å². The van der Waals surface area contributed by atoms with E-state index in [9.17, 15) is 4.79 Å². The van der Waals surface area contributed by atoms with Gasteiger partial charge >= 0.3 is 6.09 Å². The lowest BCUT2D eigenvalue weighted by Gasteiger charge is -2.38. The zero-order valence-corrected chi connectivity index (χ0v) is 12.2. The van der Waals surface area contributed by atoms with Crippen molar-refractivity contribution < 1.29 is 14.3 Å². The largest absolute Gasteiger partial charge is 0.495 e. The van der Waals surface area contributed by atoms with E-state index in [1.807, 2.05) is 18.2 Å². The Kier molecular flexibility index (Phi) is 4.73. The Hall–Kier alpha value is -1.46. The van der Waals surface area contributed by atoms with E-state index in [2.05, 4.69) is 5.32 Å². The molecule has 0 aliphatic carbocycles. The Morgan fingerprint density at radius 3 is 2.80 bits per heavy atom. The number of ether oxygens (including phenoxy) is 2. The normalized spacial score (nSPS) is 18.9. The first kappa shape index (κ1) is 14.9. The van der Waals surface area contributed by atoms with Crippen LogP contribution in [0.4, 0.5) is 10.5 Å². The number of cyclic esters (lactones) is 1. The highest BCUT2D eigenvalue weighted by Crippen LogP contribution is 2.38. The van der Waals surface area contributed by atoms with Crippen molar-refractivity contribution in [3.63, 3.8) is 0 Å². The fraction of sp³-hybridized carbons (Fsp3) is 0.500. The molecule has 0 aromatic heterocycles. The van der Waals surface area contributed by atoms with E-state index in [-0.39, 0.29) is 24.5 Å². The SMILES string of the molecule is COc1cccc2c1N(C1CCNCC1)C(=O)OC2.Cl.